The van der Waals surface area contributed by atoms with Crippen LogP contribution in [0.5, 0.6) is 0 Å². The van der Waals surface area contributed by atoms with Gasteiger partial charge in [-0.15, -0.1) is 0 Å². The summed E-state index contributed by atoms with van der Waals surface area (Å²) in [4.78, 5) is 0. The first-order valence-electron chi connectivity index (χ1n) is 2.74. The van der Waals surface area contributed by atoms with E-state index in [2.05, 4.69) is 0 Å². The first-order valence-corrected chi connectivity index (χ1v) is 2.74. The molecule has 0 amide bonds. The molecule has 0 aromatic carbocycles. The van der Waals surface area contributed by atoms with Gasteiger partial charge < -0.3 is 5.11 Å². The maximum Gasteiger partial charge on any atom is 0.452 e. The van der Waals surface area contributed by atoms with Gasteiger partial charge in [0.1, 0.15) is 0 Å². The van der Waals surface area contributed by atoms with Gasteiger partial charge in [0.05, 0.1) is 0 Å². The lowest BCUT2D eigenvalue weighted by Crippen LogP contribution is -2.49. The molecule has 0 bridgehead atoms. The predicted octanol–water partition coefficient (Wildman–Crippen LogP) is 2.04. The molecular formula is C4H2F8O2. The number of hydrogen-bond acceptors (Lipinski definition) is 2. The molecule has 0 saturated heterocycles. The molecule has 0 heterocycles. The summed E-state index contributed by atoms with van der Waals surface area (Å²) in [6.45, 7) is 0. The summed E-state index contributed by atoms with van der Waals surface area (Å²) in [6, 6.07) is 0. The topological polar surface area (TPSA) is 29.5 Å². The van der Waals surface area contributed by atoms with Crippen molar-refractivity contribution < 1.29 is 45.0 Å². The minimum absolute atomic E-state index is 1.83. The highest BCUT2D eigenvalue weighted by Gasteiger charge is 2.64. The van der Waals surface area contributed by atoms with Crippen LogP contribution in [0.4, 0.5) is 35.1 Å². The van der Waals surface area contributed by atoms with E-state index in [-0.39, 0.29) is 0 Å². The van der Waals surface area contributed by atoms with Crippen LogP contribution in [0.1, 0.15) is 0 Å². The molecule has 10 heteroatoms. The highest BCUT2D eigenvalue weighted by atomic mass is 19.3. The minimum atomic E-state index is -6.10. The number of halogens is 8. The maximum atomic E-state index is 11.8. The minimum Gasteiger partial charge on any atom is -0.329 e. The zero-order valence-corrected chi connectivity index (χ0v) is 5.96. The second-order valence-electron chi connectivity index (χ2n) is 2.02. The molecule has 2 nitrogen and oxygen atoms in total. The fraction of sp³-hybridized carbons (Fsp3) is 1.00. The van der Waals surface area contributed by atoms with Crippen molar-refractivity contribution in [3.05, 3.63) is 0 Å². The normalized spacial score (nSPS) is 15.0. The summed E-state index contributed by atoms with van der Waals surface area (Å²) in [7, 11) is 0. The van der Waals surface area contributed by atoms with Crippen molar-refractivity contribution in [1.82, 2.24) is 0 Å². The Morgan fingerprint density at radius 3 is 1.50 bits per heavy atom. The van der Waals surface area contributed by atoms with Crippen LogP contribution in [0.3, 0.4) is 0 Å². The molecule has 0 aliphatic carbocycles. The molecule has 0 aliphatic rings. The largest absolute Gasteiger partial charge is 0.452 e. The fourth-order valence-corrected chi connectivity index (χ4v) is 0.277. The zero-order chi connectivity index (χ0) is 11.8. The molecule has 0 saturated carbocycles. The van der Waals surface area contributed by atoms with Crippen LogP contribution in [0.2, 0.25) is 0 Å². The van der Waals surface area contributed by atoms with Gasteiger partial charge in [0.15, 0.2) is 0 Å². The van der Waals surface area contributed by atoms with E-state index in [4.69, 9.17) is 5.11 Å². The van der Waals surface area contributed by atoms with Crippen LogP contribution in [0.15, 0.2) is 0 Å². The molecule has 0 rings (SSSR count). The lowest BCUT2D eigenvalue weighted by atomic mass is 10.5. The Balaban J connectivity index is 4.67. The Hall–Kier alpha value is -0.640. The average molecular weight is 234 g/mol. The number of alkyl halides is 8. The van der Waals surface area contributed by atoms with Gasteiger partial charge in [-0.2, -0.15) is 26.3 Å². The van der Waals surface area contributed by atoms with Crippen LogP contribution in [-0.2, 0) is 4.74 Å². The molecule has 14 heavy (non-hydrogen) atoms. The van der Waals surface area contributed by atoms with Crippen LogP contribution in [0, 0.1) is 0 Å². The van der Waals surface area contributed by atoms with E-state index in [1.165, 1.54) is 0 Å². The smallest absolute Gasteiger partial charge is 0.329 e. The van der Waals surface area contributed by atoms with E-state index in [0.29, 0.717) is 0 Å². The molecule has 0 unspecified atom stereocenters. The summed E-state index contributed by atoms with van der Waals surface area (Å²) >= 11 is 0. The number of hydrogen-bond donors (Lipinski definition) is 1. The van der Waals surface area contributed by atoms with Crippen molar-refractivity contribution in [2.24, 2.45) is 0 Å². The van der Waals surface area contributed by atoms with Gasteiger partial charge in [0.2, 0.25) is 0 Å². The van der Waals surface area contributed by atoms with Crippen molar-refractivity contribution in [1.29, 1.82) is 0 Å². The summed E-state index contributed by atoms with van der Waals surface area (Å²) in [6.07, 6.45) is -22.6. The molecule has 86 valence electrons. The molecule has 0 aliphatic heterocycles. The number of rotatable bonds is 4. The zero-order valence-electron chi connectivity index (χ0n) is 5.96. The first-order chi connectivity index (χ1) is 5.90. The van der Waals surface area contributed by atoms with E-state index in [0.717, 1.165) is 0 Å². The Kier molecular flexibility index (Phi) is 3.34. The van der Waals surface area contributed by atoms with E-state index in [1.807, 2.05) is 4.74 Å². The van der Waals surface area contributed by atoms with E-state index in [9.17, 15) is 35.1 Å². The monoisotopic (exact) mass is 234 g/mol. The molecule has 0 spiro atoms. The standard InChI is InChI=1S/C4H2F8O2/c5-1(6)2(7,8)14-4(11,12)3(9,10)13/h1,13H. The lowest BCUT2D eigenvalue weighted by Gasteiger charge is -2.25. The third kappa shape index (κ3) is 2.94. The molecule has 0 radical (unpaired) electrons. The van der Waals surface area contributed by atoms with Crippen molar-refractivity contribution >= 4 is 0 Å². The Bertz CT molecular complexity index is 196. The van der Waals surface area contributed by atoms with Crippen molar-refractivity contribution in [3.8, 4) is 0 Å². The summed E-state index contributed by atoms with van der Waals surface area (Å²) in [5, 5.41) is 7.30. The van der Waals surface area contributed by atoms with Gasteiger partial charge in [-0.3, -0.25) is 0 Å². The fourth-order valence-electron chi connectivity index (χ4n) is 0.277. The third-order valence-electron chi connectivity index (χ3n) is 0.868. The number of aliphatic hydroxyl groups is 1. The average Bonchev–Trinajstić information content (AvgIpc) is 1.80. The molecular weight excluding hydrogens is 232 g/mol. The van der Waals surface area contributed by atoms with Crippen LogP contribution in [-0.4, -0.2) is 29.9 Å². The SMILES string of the molecule is OC(F)(F)C(F)(F)OC(F)(F)C(F)F. The first kappa shape index (κ1) is 13.4. The van der Waals surface area contributed by atoms with Gasteiger partial charge in [-0.1, -0.05) is 0 Å². The predicted molar refractivity (Wildman–Crippen MR) is 24.1 cm³/mol. The molecule has 1 N–H and O–H groups in total. The summed E-state index contributed by atoms with van der Waals surface area (Å²) in [5.41, 5.74) is 0. The third-order valence-corrected chi connectivity index (χ3v) is 0.868. The van der Waals surface area contributed by atoms with Crippen molar-refractivity contribution in [2.45, 2.75) is 24.8 Å². The molecule has 0 fully saturated rings. The quantitative estimate of drug-likeness (QED) is 0.754. The summed E-state index contributed by atoms with van der Waals surface area (Å²) in [5.74, 6) is 0. The van der Waals surface area contributed by atoms with Crippen LogP contribution < -0.4 is 0 Å². The van der Waals surface area contributed by atoms with E-state index >= 15 is 0 Å². The molecule has 0 aromatic rings. The second kappa shape index (κ2) is 3.50. The lowest BCUT2D eigenvalue weighted by molar-refractivity contribution is -0.486. The van der Waals surface area contributed by atoms with E-state index < -0.39 is 24.8 Å². The molecule has 0 aromatic heterocycles. The van der Waals surface area contributed by atoms with Crippen LogP contribution in [0.25, 0.3) is 0 Å². The van der Waals surface area contributed by atoms with Gasteiger partial charge in [-0.25, -0.2) is 13.5 Å². The van der Waals surface area contributed by atoms with Gasteiger partial charge in [0, 0.05) is 0 Å². The molecule has 0 atom stereocenters. The second-order valence-corrected chi connectivity index (χ2v) is 2.02. The van der Waals surface area contributed by atoms with Gasteiger partial charge >= 0.3 is 24.8 Å². The Morgan fingerprint density at radius 2 is 1.29 bits per heavy atom. The Labute approximate surface area is 71.1 Å². The highest BCUT2D eigenvalue weighted by Crippen LogP contribution is 2.39. The van der Waals surface area contributed by atoms with Gasteiger partial charge in [-0.05, 0) is 0 Å². The number of ether oxygens (including phenoxy) is 1. The van der Waals surface area contributed by atoms with Gasteiger partial charge in [0.25, 0.3) is 0 Å². The highest BCUT2D eigenvalue weighted by molar-refractivity contribution is 4.68. The van der Waals surface area contributed by atoms with Crippen LogP contribution >= 0.6 is 0 Å². The van der Waals surface area contributed by atoms with Crippen molar-refractivity contribution in [2.75, 3.05) is 0 Å². The summed E-state index contributed by atoms with van der Waals surface area (Å²) < 4.78 is 93.9. The maximum absolute atomic E-state index is 11.8. The Morgan fingerprint density at radius 1 is 0.929 bits per heavy atom. The van der Waals surface area contributed by atoms with Crippen molar-refractivity contribution in [3.63, 3.8) is 0 Å². The van der Waals surface area contributed by atoms with E-state index in [1.54, 1.807) is 0 Å².